The van der Waals surface area contributed by atoms with E-state index in [1.54, 1.807) is 6.20 Å². The molecule has 1 unspecified atom stereocenters. The Hall–Kier alpha value is -3.66. The van der Waals surface area contributed by atoms with Gasteiger partial charge in [0.25, 0.3) is 5.91 Å². The summed E-state index contributed by atoms with van der Waals surface area (Å²) in [7, 11) is 0. The molecule has 1 amide bonds. The second-order valence-electron chi connectivity index (χ2n) is 8.72. The fraction of sp³-hybridized carbons (Fsp3) is 0.185. The summed E-state index contributed by atoms with van der Waals surface area (Å²) < 4.78 is 0. The molecule has 4 aromatic rings. The van der Waals surface area contributed by atoms with Crippen molar-refractivity contribution < 1.29 is 4.79 Å². The highest BCUT2D eigenvalue weighted by Gasteiger charge is 2.22. The van der Waals surface area contributed by atoms with E-state index in [-0.39, 0.29) is 11.3 Å². The number of benzene rings is 3. The number of hydrogen-bond donors (Lipinski definition) is 2. The Morgan fingerprint density at radius 2 is 1.58 bits per heavy atom. The number of anilines is 2. The van der Waals surface area contributed by atoms with Crippen molar-refractivity contribution in [3.8, 4) is 0 Å². The van der Waals surface area contributed by atoms with Crippen LogP contribution in [0.3, 0.4) is 0 Å². The van der Waals surface area contributed by atoms with Crippen LogP contribution in [0.15, 0.2) is 91.1 Å². The van der Waals surface area contributed by atoms with E-state index in [0.717, 1.165) is 27.8 Å². The molecule has 0 saturated heterocycles. The fourth-order valence-corrected chi connectivity index (χ4v) is 3.54. The average Bonchev–Trinajstić information content (AvgIpc) is 2.77. The third kappa shape index (κ3) is 4.92. The molecule has 0 aliphatic carbocycles. The first-order chi connectivity index (χ1) is 14.9. The van der Waals surface area contributed by atoms with Crippen LogP contribution in [0.4, 0.5) is 11.4 Å². The first kappa shape index (κ1) is 20.6. The molecule has 4 nitrogen and oxygen atoms in total. The van der Waals surface area contributed by atoms with E-state index in [2.05, 4.69) is 48.5 Å². The number of amides is 1. The van der Waals surface area contributed by atoms with Gasteiger partial charge in [-0.3, -0.25) is 9.78 Å². The molecule has 0 aliphatic rings. The summed E-state index contributed by atoms with van der Waals surface area (Å²) in [5.74, 6) is -0.115. The Morgan fingerprint density at radius 1 is 0.839 bits per heavy atom. The van der Waals surface area contributed by atoms with E-state index in [0.29, 0.717) is 0 Å². The molecule has 156 valence electrons. The summed E-state index contributed by atoms with van der Waals surface area (Å²) in [4.78, 5) is 17.7. The molecule has 0 fully saturated rings. The highest BCUT2D eigenvalue weighted by Crippen LogP contribution is 2.27. The SMILES string of the molecule is CC(C)(C)c1ccc(C(Nc2ccccc2)C(=O)Nc2ccc3ncccc3c2)cc1. The Balaban J connectivity index is 1.63. The number of pyridine rings is 1. The molecular formula is C27H27N3O. The number of nitrogens with one attached hydrogen (secondary N) is 2. The van der Waals surface area contributed by atoms with E-state index in [1.165, 1.54) is 5.56 Å². The number of carbonyl (C=O) groups excluding carboxylic acids is 1. The Bertz CT molecular complexity index is 1180. The van der Waals surface area contributed by atoms with Crippen LogP contribution in [0.25, 0.3) is 10.9 Å². The second-order valence-corrected chi connectivity index (χ2v) is 8.72. The number of rotatable bonds is 5. The van der Waals surface area contributed by atoms with Gasteiger partial charge in [-0.25, -0.2) is 0 Å². The third-order valence-corrected chi connectivity index (χ3v) is 5.33. The lowest BCUT2D eigenvalue weighted by Gasteiger charge is -2.23. The van der Waals surface area contributed by atoms with Crippen molar-refractivity contribution in [2.45, 2.75) is 32.2 Å². The maximum Gasteiger partial charge on any atom is 0.251 e. The largest absolute Gasteiger partial charge is 0.370 e. The van der Waals surface area contributed by atoms with Gasteiger partial charge in [0.2, 0.25) is 0 Å². The van der Waals surface area contributed by atoms with Gasteiger partial charge >= 0.3 is 0 Å². The Kier molecular flexibility index (Phi) is 5.72. The molecule has 4 heteroatoms. The lowest BCUT2D eigenvalue weighted by molar-refractivity contribution is -0.117. The van der Waals surface area contributed by atoms with Crippen molar-refractivity contribution in [3.63, 3.8) is 0 Å². The van der Waals surface area contributed by atoms with E-state index < -0.39 is 6.04 Å². The van der Waals surface area contributed by atoms with E-state index >= 15 is 0 Å². The standard InChI is InChI=1S/C27H27N3O/c1-27(2,3)21-13-11-19(12-14-21)25(29-22-9-5-4-6-10-22)26(31)30-23-15-16-24-20(18-23)8-7-17-28-24/h4-18,25,29H,1-3H3,(H,30,31). The zero-order chi connectivity index (χ0) is 21.8. The molecule has 0 aliphatic heterocycles. The second kappa shape index (κ2) is 8.60. The lowest BCUT2D eigenvalue weighted by atomic mass is 9.86. The van der Waals surface area contributed by atoms with Gasteiger partial charge in [0, 0.05) is 23.0 Å². The summed E-state index contributed by atoms with van der Waals surface area (Å²) in [6.45, 7) is 6.55. The predicted molar refractivity (Wildman–Crippen MR) is 128 cm³/mol. The molecule has 0 radical (unpaired) electrons. The van der Waals surface area contributed by atoms with Crippen LogP contribution in [0.2, 0.25) is 0 Å². The van der Waals surface area contributed by atoms with Crippen LogP contribution in [-0.2, 0) is 10.2 Å². The molecule has 1 heterocycles. The van der Waals surface area contributed by atoms with Crippen LogP contribution in [-0.4, -0.2) is 10.9 Å². The molecule has 0 bridgehead atoms. The van der Waals surface area contributed by atoms with Crippen LogP contribution in [0.5, 0.6) is 0 Å². The van der Waals surface area contributed by atoms with Crippen LogP contribution >= 0.6 is 0 Å². The Labute approximate surface area is 183 Å². The van der Waals surface area contributed by atoms with Crippen molar-refractivity contribution in [3.05, 3.63) is 102 Å². The monoisotopic (exact) mass is 409 g/mol. The van der Waals surface area contributed by atoms with Crippen LogP contribution in [0.1, 0.15) is 37.9 Å². The number of fused-ring (bicyclic) bond motifs is 1. The number of nitrogens with zero attached hydrogens (tertiary/aromatic N) is 1. The molecule has 0 spiro atoms. The van der Waals surface area contributed by atoms with E-state index in [9.17, 15) is 4.79 Å². The minimum Gasteiger partial charge on any atom is -0.370 e. The first-order valence-electron chi connectivity index (χ1n) is 10.5. The quantitative estimate of drug-likeness (QED) is 0.405. The van der Waals surface area contributed by atoms with Gasteiger partial charge in [0.1, 0.15) is 6.04 Å². The van der Waals surface area contributed by atoms with Gasteiger partial charge in [-0.1, -0.05) is 69.3 Å². The minimum atomic E-state index is -0.527. The summed E-state index contributed by atoms with van der Waals surface area (Å²) in [6, 6.07) is 27.2. The zero-order valence-corrected chi connectivity index (χ0v) is 18.1. The van der Waals surface area contributed by atoms with Crippen molar-refractivity contribution in [1.29, 1.82) is 0 Å². The summed E-state index contributed by atoms with van der Waals surface area (Å²) >= 11 is 0. The number of carbonyl (C=O) groups is 1. The van der Waals surface area contributed by atoms with Crippen LogP contribution in [0, 0.1) is 0 Å². The molecular weight excluding hydrogens is 382 g/mol. The maximum absolute atomic E-state index is 13.3. The molecule has 1 aromatic heterocycles. The molecule has 4 rings (SSSR count). The first-order valence-corrected chi connectivity index (χ1v) is 10.5. The summed E-state index contributed by atoms with van der Waals surface area (Å²) in [5.41, 5.74) is 4.75. The van der Waals surface area contributed by atoms with Crippen molar-refractivity contribution in [2.24, 2.45) is 0 Å². The molecule has 0 saturated carbocycles. The molecule has 2 N–H and O–H groups in total. The van der Waals surface area contributed by atoms with Crippen LogP contribution < -0.4 is 10.6 Å². The van der Waals surface area contributed by atoms with Gasteiger partial charge in [0.15, 0.2) is 0 Å². The highest BCUT2D eigenvalue weighted by atomic mass is 16.2. The predicted octanol–water partition coefficient (Wildman–Crippen LogP) is 6.32. The van der Waals surface area contributed by atoms with Gasteiger partial charge in [-0.05, 0) is 52.9 Å². The topological polar surface area (TPSA) is 54.0 Å². The van der Waals surface area contributed by atoms with Crippen molar-refractivity contribution in [1.82, 2.24) is 4.98 Å². The minimum absolute atomic E-state index is 0.0578. The maximum atomic E-state index is 13.3. The molecule has 31 heavy (non-hydrogen) atoms. The average molecular weight is 410 g/mol. The summed E-state index contributed by atoms with van der Waals surface area (Å²) in [6.07, 6.45) is 1.77. The number of para-hydroxylation sites is 1. The van der Waals surface area contributed by atoms with Crippen molar-refractivity contribution >= 4 is 28.2 Å². The smallest absolute Gasteiger partial charge is 0.251 e. The summed E-state index contributed by atoms with van der Waals surface area (Å²) in [5, 5.41) is 7.44. The highest BCUT2D eigenvalue weighted by molar-refractivity contribution is 5.98. The normalized spacial score (nSPS) is 12.4. The van der Waals surface area contributed by atoms with E-state index in [1.807, 2.05) is 72.8 Å². The molecule has 3 aromatic carbocycles. The van der Waals surface area contributed by atoms with E-state index in [4.69, 9.17) is 0 Å². The Morgan fingerprint density at radius 3 is 2.29 bits per heavy atom. The molecule has 1 atom stereocenters. The van der Waals surface area contributed by atoms with Gasteiger partial charge in [-0.15, -0.1) is 0 Å². The third-order valence-electron chi connectivity index (χ3n) is 5.33. The van der Waals surface area contributed by atoms with Gasteiger partial charge < -0.3 is 10.6 Å². The fourth-order valence-electron chi connectivity index (χ4n) is 3.54. The van der Waals surface area contributed by atoms with Crippen molar-refractivity contribution in [2.75, 3.05) is 10.6 Å². The number of hydrogen-bond acceptors (Lipinski definition) is 3. The zero-order valence-electron chi connectivity index (χ0n) is 18.1. The van der Waals surface area contributed by atoms with Gasteiger partial charge in [0.05, 0.1) is 5.52 Å². The number of aromatic nitrogens is 1. The van der Waals surface area contributed by atoms with Gasteiger partial charge in [-0.2, -0.15) is 0 Å². The lowest BCUT2D eigenvalue weighted by Crippen LogP contribution is -2.27.